The summed E-state index contributed by atoms with van der Waals surface area (Å²) in [6.45, 7) is 5.00. The summed E-state index contributed by atoms with van der Waals surface area (Å²) in [7, 11) is 1.56. The number of benzene rings is 1. The van der Waals surface area contributed by atoms with Crippen LogP contribution < -0.4 is 20.5 Å². The molecule has 19 heavy (non-hydrogen) atoms. The molecule has 3 N–H and O–H groups in total. The van der Waals surface area contributed by atoms with Gasteiger partial charge >= 0.3 is 0 Å². The lowest BCUT2D eigenvalue weighted by atomic mass is 10.2. The second kappa shape index (κ2) is 7.63. The quantitative estimate of drug-likeness (QED) is 0.780. The number of ether oxygens (including phenoxy) is 2. The molecule has 0 aliphatic heterocycles. The number of nitrogens with two attached hydrogens (primary N) is 1. The van der Waals surface area contributed by atoms with Gasteiger partial charge in [0.2, 0.25) is 0 Å². The first-order valence-electron chi connectivity index (χ1n) is 6.34. The maximum Gasteiger partial charge on any atom is 0.257 e. The molecule has 0 unspecified atom stereocenters. The van der Waals surface area contributed by atoms with E-state index in [2.05, 4.69) is 5.32 Å². The maximum absolute atomic E-state index is 11.6. The van der Waals surface area contributed by atoms with Gasteiger partial charge < -0.3 is 20.5 Å². The van der Waals surface area contributed by atoms with Gasteiger partial charge in [-0.1, -0.05) is 26.0 Å². The van der Waals surface area contributed by atoms with E-state index in [0.29, 0.717) is 30.5 Å². The van der Waals surface area contributed by atoms with Gasteiger partial charge in [-0.2, -0.15) is 0 Å². The van der Waals surface area contributed by atoms with Crippen LogP contribution in [-0.4, -0.2) is 26.2 Å². The zero-order valence-corrected chi connectivity index (χ0v) is 11.7. The summed E-state index contributed by atoms with van der Waals surface area (Å²) in [6, 6.07) is 5.47. The highest BCUT2D eigenvalue weighted by atomic mass is 16.5. The first-order valence-corrected chi connectivity index (χ1v) is 6.34. The minimum absolute atomic E-state index is 0.0416. The third kappa shape index (κ3) is 4.79. The molecule has 0 radical (unpaired) electrons. The number of hydrogen-bond acceptors (Lipinski definition) is 4. The Morgan fingerprint density at radius 1 is 1.42 bits per heavy atom. The van der Waals surface area contributed by atoms with Crippen LogP contribution in [-0.2, 0) is 11.3 Å². The molecule has 0 fully saturated rings. The molecule has 5 heteroatoms. The summed E-state index contributed by atoms with van der Waals surface area (Å²) in [6.07, 6.45) is 0. The molecule has 0 saturated carbocycles. The van der Waals surface area contributed by atoms with Crippen molar-refractivity contribution in [2.45, 2.75) is 20.4 Å². The molecule has 1 aromatic rings. The maximum atomic E-state index is 11.6. The fraction of sp³-hybridized carbons (Fsp3) is 0.500. The Bertz CT molecular complexity index is 397. The molecule has 0 aliphatic carbocycles. The van der Waals surface area contributed by atoms with Gasteiger partial charge in [0.25, 0.3) is 5.91 Å². The van der Waals surface area contributed by atoms with Crippen molar-refractivity contribution in [1.82, 2.24) is 5.32 Å². The van der Waals surface area contributed by atoms with Crippen molar-refractivity contribution in [3.8, 4) is 11.5 Å². The average molecular weight is 266 g/mol. The SMILES string of the molecule is COc1cccc(CN)c1OCC(=O)NCC(C)C. The van der Waals surface area contributed by atoms with Gasteiger partial charge in [0.1, 0.15) is 0 Å². The normalized spacial score (nSPS) is 10.4. The van der Waals surface area contributed by atoms with E-state index in [4.69, 9.17) is 15.2 Å². The Morgan fingerprint density at radius 3 is 2.74 bits per heavy atom. The smallest absolute Gasteiger partial charge is 0.257 e. The number of rotatable bonds is 7. The van der Waals surface area contributed by atoms with Gasteiger partial charge in [0.05, 0.1) is 7.11 Å². The predicted octanol–water partition coefficient (Wildman–Crippen LogP) is 1.30. The molecule has 0 heterocycles. The number of amides is 1. The summed E-state index contributed by atoms with van der Waals surface area (Å²) < 4.78 is 10.7. The Hall–Kier alpha value is -1.75. The van der Waals surface area contributed by atoms with E-state index in [1.807, 2.05) is 26.0 Å². The number of carbonyl (C=O) groups is 1. The largest absolute Gasteiger partial charge is 0.493 e. The van der Waals surface area contributed by atoms with Crippen molar-refractivity contribution < 1.29 is 14.3 Å². The molecule has 1 amide bonds. The fourth-order valence-corrected chi connectivity index (χ4v) is 1.55. The predicted molar refractivity (Wildman–Crippen MR) is 74.2 cm³/mol. The molecule has 0 atom stereocenters. The van der Waals surface area contributed by atoms with Crippen LogP contribution in [0.25, 0.3) is 0 Å². The summed E-state index contributed by atoms with van der Waals surface area (Å²) in [4.78, 5) is 11.6. The highest BCUT2D eigenvalue weighted by molar-refractivity contribution is 5.77. The molecule has 0 aromatic heterocycles. The first-order chi connectivity index (χ1) is 9.08. The third-order valence-electron chi connectivity index (χ3n) is 2.56. The molecule has 1 rings (SSSR count). The monoisotopic (exact) mass is 266 g/mol. The van der Waals surface area contributed by atoms with E-state index in [-0.39, 0.29) is 12.5 Å². The minimum Gasteiger partial charge on any atom is -0.493 e. The van der Waals surface area contributed by atoms with Crippen LogP contribution in [0.1, 0.15) is 19.4 Å². The van der Waals surface area contributed by atoms with Gasteiger partial charge in [-0.05, 0) is 12.0 Å². The molecule has 5 nitrogen and oxygen atoms in total. The molecule has 0 bridgehead atoms. The Balaban J connectivity index is 2.63. The number of nitrogens with one attached hydrogen (secondary N) is 1. The van der Waals surface area contributed by atoms with Crippen LogP contribution in [0.3, 0.4) is 0 Å². The van der Waals surface area contributed by atoms with E-state index in [9.17, 15) is 4.79 Å². The zero-order chi connectivity index (χ0) is 14.3. The van der Waals surface area contributed by atoms with E-state index in [0.717, 1.165) is 5.56 Å². The van der Waals surface area contributed by atoms with E-state index < -0.39 is 0 Å². The zero-order valence-electron chi connectivity index (χ0n) is 11.7. The second-order valence-electron chi connectivity index (χ2n) is 4.64. The summed E-state index contributed by atoms with van der Waals surface area (Å²) in [5.41, 5.74) is 6.46. The van der Waals surface area contributed by atoms with Gasteiger partial charge in [0.15, 0.2) is 18.1 Å². The lowest BCUT2D eigenvalue weighted by molar-refractivity contribution is -0.123. The topological polar surface area (TPSA) is 73.6 Å². The third-order valence-corrected chi connectivity index (χ3v) is 2.56. The van der Waals surface area contributed by atoms with Crippen molar-refractivity contribution in [2.24, 2.45) is 11.7 Å². The Labute approximate surface area is 114 Å². The van der Waals surface area contributed by atoms with Crippen molar-refractivity contribution >= 4 is 5.91 Å². The van der Waals surface area contributed by atoms with E-state index in [1.165, 1.54) is 0 Å². The molecule has 1 aromatic carbocycles. The van der Waals surface area contributed by atoms with Crippen LogP contribution >= 0.6 is 0 Å². The van der Waals surface area contributed by atoms with Crippen molar-refractivity contribution in [3.63, 3.8) is 0 Å². The van der Waals surface area contributed by atoms with E-state index in [1.54, 1.807) is 13.2 Å². The minimum atomic E-state index is -0.150. The van der Waals surface area contributed by atoms with Crippen LogP contribution in [0.2, 0.25) is 0 Å². The summed E-state index contributed by atoms with van der Waals surface area (Å²) in [5, 5.41) is 2.79. The molecule has 0 saturated heterocycles. The van der Waals surface area contributed by atoms with Crippen molar-refractivity contribution in [2.75, 3.05) is 20.3 Å². The second-order valence-corrected chi connectivity index (χ2v) is 4.64. The molecule has 0 aliphatic rings. The highest BCUT2D eigenvalue weighted by Crippen LogP contribution is 2.30. The lowest BCUT2D eigenvalue weighted by Crippen LogP contribution is -2.32. The van der Waals surface area contributed by atoms with Crippen LogP contribution in [0.15, 0.2) is 18.2 Å². The number of para-hydroxylation sites is 1. The van der Waals surface area contributed by atoms with Crippen molar-refractivity contribution in [1.29, 1.82) is 0 Å². The number of hydrogen-bond donors (Lipinski definition) is 2. The van der Waals surface area contributed by atoms with Gasteiger partial charge in [-0.25, -0.2) is 0 Å². The van der Waals surface area contributed by atoms with Gasteiger partial charge in [-0.15, -0.1) is 0 Å². The average Bonchev–Trinajstić information content (AvgIpc) is 2.42. The van der Waals surface area contributed by atoms with Crippen molar-refractivity contribution in [3.05, 3.63) is 23.8 Å². The molecular weight excluding hydrogens is 244 g/mol. The fourth-order valence-electron chi connectivity index (χ4n) is 1.55. The highest BCUT2D eigenvalue weighted by Gasteiger charge is 2.11. The van der Waals surface area contributed by atoms with Gasteiger partial charge in [-0.3, -0.25) is 4.79 Å². The molecular formula is C14H22N2O3. The molecule has 0 spiro atoms. The summed E-state index contributed by atoms with van der Waals surface area (Å²) in [5.74, 6) is 1.38. The molecule has 106 valence electrons. The summed E-state index contributed by atoms with van der Waals surface area (Å²) >= 11 is 0. The van der Waals surface area contributed by atoms with Gasteiger partial charge in [0, 0.05) is 18.7 Å². The van der Waals surface area contributed by atoms with Crippen LogP contribution in [0.5, 0.6) is 11.5 Å². The first kappa shape index (κ1) is 15.3. The Morgan fingerprint density at radius 2 is 2.16 bits per heavy atom. The van der Waals surface area contributed by atoms with E-state index >= 15 is 0 Å². The number of carbonyl (C=O) groups excluding carboxylic acids is 1. The van der Waals surface area contributed by atoms with Crippen LogP contribution in [0, 0.1) is 5.92 Å². The number of methoxy groups -OCH3 is 1. The van der Waals surface area contributed by atoms with Crippen LogP contribution in [0.4, 0.5) is 0 Å². The standard InChI is InChI=1S/C14H22N2O3/c1-10(2)8-16-13(17)9-19-14-11(7-15)5-4-6-12(14)18-3/h4-6,10H,7-9,15H2,1-3H3,(H,16,17). The lowest BCUT2D eigenvalue weighted by Gasteiger charge is -2.14. The Kier molecular flexibility index (Phi) is 6.15.